The van der Waals surface area contributed by atoms with Gasteiger partial charge in [0.05, 0.1) is 0 Å². The smallest absolute Gasteiger partial charge is 0.123 e. The van der Waals surface area contributed by atoms with Gasteiger partial charge >= 0.3 is 0 Å². The van der Waals surface area contributed by atoms with E-state index < -0.39 is 0 Å². The minimum Gasteiger partial charge on any atom is -0.219 e. The van der Waals surface area contributed by atoms with Crippen LogP contribution >= 0.6 is 11.9 Å². The van der Waals surface area contributed by atoms with E-state index in [2.05, 4.69) is 17.4 Å². The van der Waals surface area contributed by atoms with Gasteiger partial charge in [0.1, 0.15) is 5.82 Å². The van der Waals surface area contributed by atoms with E-state index in [1.54, 1.807) is 18.3 Å². The third kappa shape index (κ3) is 3.43. The minimum absolute atomic E-state index is 0.228. The van der Waals surface area contributed by atoms with Gasteiger partial charge in [0, 0.05) is 23.1 Å². The first-order valence-electron chi connectivity index (χ1n) is 5.27. The molecule has 17 heavy (non-hydrogen) atoms. The standard InChI is InChI=1S/C14H12FNS/c1-11-4-2-3-5-14(11)17-16-10-12-6-8-13(15)9-7-12/h2-10H,1H3/b16-10+. The first-order valence-corrected chi connectivity index (χ1v) is 6.04. The molecule has 0 saturated heterocycles. The molecule has 0 bridgehead atoms. The van der Waals surface area contributed by atoms with Crippen LogP contribution in [0.4, 0.5) is 4.39 Å². The van der Waals surface area contributed by atoms with E-state index in [0.29, 0.717) is 0 Å². The van der Waals surface area contributed by atoms with E-state index in [9.17, 15) is 4.39 Å². The zero-order chi connectivity index (χ0) is 12.1. The van der Waals surface area contributed by atoms with E-state index in [1.807, 2.05) is 18.2 Å². The third-order valence-corrected chi connectivity index (χ3v) is 3.18. The van der Waals surface area contributed by atoms with Gasteiger partial charge in [-0.2, -0.15) is 0 Å². The highest BCUT2D eigenvalue weighted by atomic mass is 32.2. The van der Waals surface area contributed by atoms with Gasteiger partial charge in [-0.1, -0.05) is 30.3 Å². The SMILES string of the molecule is Cc1ccccc1S/N=C/c1ccc(F)cc1. The second kappa shape index (κ2) is 5.64. The van der Waals surface area contributed by atoms with Crippen LogP contribution in [0.5, 0.6) is 0 Å². The maximum atomic E-state index is 12.7. The van der Waals surface area contributed by atoms with Crippen LogP contribution in [-0.2, 0) is 0 Å². The summed E-state index contributed by atoms with van der Waals surface area (Å²) in [5, 5.41) is 0. The molecule has 0 heterocycles. The first kappa shape index (κ1) is 11.9. The van der Waals surface area contributed by atoms with Crippen molar-refractivity contribution in [3.8, 4) is 0 Å². The lowest BCUT2D eigenvalue weighted by Gasteiger charge is -1.99. The van der Waals surface area contributed by atoms with Gasteiger partial charge in [0.2, 0.25) is 0 Å². The van der Waals surface area contributed by atoms with Gasteiger partial charge < -0.3 is 0 Å². The average Bonchev–Trinajstić information content (AvgIpc) is 2.34. The normalized spacial score (nSPS) is 10.9. The van der Waals surface area contributed by atoms with Crippen LogP contribution in [0.3, 0.4) is 0 Å². The Morgan fingerprint density at radius 1 is 1.06 bits per heavy atom. The molecule has 1 nitrogen and oxygen atoms in total. The van der Waals surface area contributed by atoms with Crippen LogP contribution in [0.2, 0.25) is 0 Å². The molecule has 0 fully saturated rings. The molecule has 0 aliphatic rings. The van der Waals surface area contributed by atoms with Gasteiger partial charge in [-0.05, 0) is 36.2 Å². The zero-order valence-corrected chi connectivity index (χ0v) is 10.2. The summed E-state index contributed by atoms with van der Waals surface area (Å²) in [5.74, 6) is -0.228. The fraction of sp³-hybridized carbons (Fsp3) is 0.0714. The Hall–Kier alpha value is -1.61. The summed E-state index contributed by atoms with van der Waals surface area (Å²) in [7, 11) is 0. The molecule has 0 radical (unpaired) electrons. The highest BCUT2D eigenvalue weighted by Gasteiger charge is 1.95. The largest absolute Gasteiger partial charge is 0.219 e. The zero-order valence-electron chi connectivity index (χ0n) is 9.43. The van der Waals surface area contributed by atoms with Crippen molar-refractivity contribution in [3.05, 3.63) is 65.5 Å². The van der Waals surface area contributed by atoms with Gasteiger partial charge in [-0.3, -0.25) is 0 Å². The highest BCUT2D eigenvalue weighted by Crippen LogP contribution is 2.22. The van der Waals surface area contributed by atoms with Crippen molar-refractivity contribution < 1.29 is 4.39 Å². The van der Waals surface area contributed by atoms with Crippen molar-refractivity contribution in [3.63, 3.8) is 0 Å². The molecule has 0 saturated carbocycles. The maximum absolute atomic E-state index is 12.7. The quantitative estimate of drug-likeness (QED) is 0.581. The fourth-order valence-corrected chi connectivity index (χ4v) is 1.99. The number of hydrogen-bond acceptors (Lipinski definition) is 2. The Balaban J connectivity index is 2.03. The summed E-state index contributed by atoms with van der Waals surface area (Å²) < 4.78 is 16.9. The summed E-state index contributed by atoms with van der Waals surface area (Å²) >= 11 is 1.42. The van der Waals surface area contributed by atoms with Gasteiger partial charge in [0.25, 0.3) is 0 Å². The fourth-order valence-electron chi connectivity index (χ4n) is 1.35. The van der Waals surface area contributed by atoms with E-state index in [-0.39, 0.29) is 5.82 Å². The van der Waals surface area contributed by atoms with E-state index >= 15 is 0 Å². The summed E-state index contributed by atoms with van der Waals surface area (Å²) in [6, 6.07) is 14.3. The van der Waals surface area contributed by atoms with Crippen LogP contribution < -0.4 is 0 Å². The Kier molecular flexibility index (Phi) is 3.94. The van der Waals surface area contributed by atoms with Gasteiger partial charge in [0.15, 0.2) is 0 Å². The molecule has 86 valence electrons. The Bertz CT molecular complexity index is 520. The number of aryl methyl sites for hydroxylation is 1. The average molecular weight is 245 g/mol. The molecule has 0 atom stereocenters. The first-order chi connectivity index (χ1) is 8.25. The molecule has 2 rings (SSSR count). The van der Waals surface area contributed by atoms with Crippen molar-refractivity contribution in [2.24, 2.45) is 4.40 Å². The molecule has 0 aliphatic carbocycles. The second-order valence-electron chi connectivity index (χ2n) is 3.64. The van der Waals surface area contributed by atoms with E-state index in [4.69, 9.17) is 0 Å². The molecular weight excluding hydrogens is 233 g/mol. The Labute approximate surface area is 105 Å². The van der Waals surface area contributed by atoms with Crippen molar-refractivity contribution in [2.45, 2.75) is 11.8 Å². The summed E-state index contributed by atoms with van der Waals surface area (Å²) in [6.45, 7) is 2.05. The molecule has 0 spiro atoms. The lowest BCUT2D eigenvalue weighted by molar-refractivity contribution is 0.628. The van der Waals surface area contributed by atoms with Crippen molar-refractivity contribution in [1.29, 1.82) is 0 Å². The molecule has 0 aromatic heterocycles. The van der Waals surface area contributed by atoms with Crippen molar-refractivity contribution >= 4 is 18.2 Å². The molecule has 0 amide bonds. The molecule has 0 unspecified atom stereocenters. The number of rotatable bonds is 3. The Morgan fingerprint density at radius 3 is 2.47 bits per heavy atom. The molecule has 0 N–H and O–H groups in total. The van der Waals surface area contributed by atoms with Gasteiger partial charge in [-0.25, -0.2) is 8.79 Å². The topological polar surface area (TPSA) is 12.4 Å². The summed E-state index contributed by atoms with van der Waals surface area (Å²) in [5.41, 5.74) is 2.10. The number of hydrogen-bond donors (Lipinski definition) is 0. The van der Waals surface area contributed by atoms with Crippen LogP contribution in [0.15, 0.2) is 57.8 Å². The van der Waals surface area contributed by atoms with Crippen LogP contribution in [0.25, 0.3) is 0 Å². The van der Waals surface area contributed by atoms with Crippen LogP contribution in [-0.4, -0.2) is 6.21 Å². The lowest BCUT2D eigenvalue weighted by Crippen LogP contribution is -1.81. The summed E-state index contributed by atoms with van der Waals surface area (Å²) in [6.07, 6.45) is 1.73. The van der Waals surface area contributed by atoms with Gasteiger partial charge in [-0.15, -0.1) is 0 Å². The third-order valence-electron chi connectivity index (χ3n) is 2.32. The number of benzene rings is 2. The lowest BCUT2D eigenvalue weighted by atomic mass is 10.2. The molecule has 3 heteroatoms. The van der Waals surface area contributed by atoms with Crippen LogP contribution in [0.1, 0.15) is 11.1 Å². The Morgan fingerprint density at radius 2 is 1.76 bits per heavy atom. The van der Waals surface area contributed by atoms with Crippen LogP contribution in [0, 0.1) is 12.7 Å². The predicted molar refractivity (Wildman–Crippen MR) is 71.0 cm³/mol. The monoisotopic (exact) mass is 245 g/mol. The molecule has 2 aromatic carbocycles. The highest BCUT2D eigenvalue weighted by molar-refractivity contribution is 7.98. The summed E-state index contributed by atoms with van der Waals surface area (Å²) in [4.78, 5) is 1.13. The van der Waals surface area contributed by atoms with E-state index in [1.165, 1.54) is 29.6 Å². The molecule has 2 aromatic rings. The minimum atomic E-state index is -0.228. The number of halogens is 1. The second-order valence-corrected chi connectivity index (χ2v) is 4.48. The van der Waals surface area contributed by atoms with E-state index in [0.717, 1.165) is 10.5 Å². The molecular formula is C14H12FNS. The maximum Gasteiger partial charge on any atom is 0.123 e. The van der Waals surface area contributed by atoms with Crippen molar-refractivity contribution in [2.75, 3.05) is 0 Å². The van der Waals surface area contributed by atoms with Crippen molar-refractivity contribution in [1.82, 2.24) is 0 Å². The predicted octanol–water partition coefficient (Wildman–Crippen LogP) is 4.26. The molecule has 0 aliphatic heterocycles. The number of nitrogens with zero attached hydrogens (tertiary/aromatic N) is 1.